The van der Waals surface area contributed by atoms with Crippen molar-refractivity contribution in [1.29, 1.82) is 0 Å². The average molecular weight is 234 g/mol. The molecule has 4 nitrogen and oxygen atoms in total. The Morgan fingerprint density at radius 3 is 2.35 bits per heavy atom. The molecule has 0 N–H and O–H groups in total. The number of carbonyl (C=O) groups is 2. The van der Waals surface area contributed by atoms with Crippen molar-refractivity contribution in [3.05, 3.63) is 41.7 Å². The van der Waals surface area contributed by atoms with E-state index in [-0.39, 0.29) is 23.1 Å². The molecule has 0 aromatic carbocycles. The minimum atomic E-state index is -0.373. The number of methoxy groups -OCH3 is 2. The summed E-state index contributed by atoms with van der Waals surface area (Å²) in [5.74, 6) is -0.837. The van der Waals surface area contributed by atoms with E-state index in [2.05, 4.69) is 0 Å². The Labute approximate surface area is 101 Å². The van der Waals surface area contributed by atoms with Gasteiger partial charge >= 0.3 is 0 Å². The first kappa shape index (κ1) is 13.2. The molecule has 0 spiro atoms. The van der Waals surface area contributed by atoms with E-state index < -0.39 is 0 Å². The summed E-state index contributed by atoms with van der Waals surface area (Å²) < 4.78 is 9.76. The number of hydrogen-bond acceptors (Lipinski definition) is 4. The Balaban J connectivity index is 3.04. The lowest BCUT2D eigenvalue weighted by atomic mass is 9.97. The van der Waals surface area contributed by atoms with Crippen molar-refractivity contribution in [3.63, 3.8) is 0 Å². The minimum Gasteiger partial charge on any atom is -0.490 e. The van der Waals surface area contributed by atoms with Crippen LogP contribution in [0.1, 0.15) is 13.3 Å². The molecule has 0 aliphatic heterocycles. The van der Waals surface area contributed by atoms with Gasteiger partial charge in [0.2, 0.25) is 23.1 Å². The second-order valence-corrected chi connectivity index (χ2v) is 3.58. The van der Waals surface area contributed by atoms with E-state index in [4.69, 9.17) is 16.4 Å². The molecule has 4 heteroatoms. The number of Topliss-reactive ketones (excluding diaryl/α,β-unsaturated/α-hetero) is 1. The molecule has 0 atom stereocenters. The smallest absolute Gasteiger partial charge is 0.228 e. The minimum absolute atomic E-state index is 0.0573. The van der Waals surface area contributed by atoms with Crippen LogP contribution >= 0.6 is 0 Å². The second kappa shape index (κ2) is 5.48. The molecule has 0 bridgehead atoms. The lowest BCUT2D eigenvalue weighted by molar-refractivity contribution is -0.120. The Kier molecular flexibility index (Phi) is 4.26. The van der Waals surface area contributed by atoms with Gasteiger partial charge in [0.25, 0.3) is 0 Å². The lowest BCUT2D eigenvalue weighted by Crippen LogP contribution is -2.21. The van der Waals surface area contributed by atoms with Crippen LogP contribution in [0.25, 0.3) is 0 Å². The maximum atomic E-state index is 11.9. The summed E-state index contributed by atoms with van der Waals surface area (Å²) in [4.78, 5) is 23.6. The van der Waals surface area contributed by atoms with E-state index in [1.807, 2.05) is 0 Å². The summed E-state index contributed by atoms with van der Waals surface area (Å²) in [5.41, 5.74) is 0.934. The predicted molar refractivity (Wildman–Crippen MR) is 61.8 cm³/mol. The first-order valence-corrected chi connectivity index (χ1v) is 5.05. The molecule has 90 valence electrons. The van der Waals surface area contributed by atoms with Crippen LogP contribution < -0.4 is 0 Å². The van der Waals surface area contributed by atoms with Crippen LogP contribution in [0.2, 0.25) is 0 Å². The van der Waals surface area contributed by atoms with Gasteiger partial charge in [-0.25, -0.2) is 0 Å². The third-order valence-corrected chi connectivity index (χ3v) is 2.29. The number of hydrogen-bond donors (Lipinski definition) is 0. The van der Waals surface area contributed by atoms with Crippen molar-refractivity contribution >= 4 is 11.6 Å². The highest BCUT2D eigenvalue weighted by atomic mass is 16.5. The van der Waals surface area contributed by atoms with Gasteiger partial charge in [0.15, 0.2) is 0 Å². The van der Waals surface area contributed by atoms with Crippen molar-refractivity contribution in [1.82, 2.24) is 0 Å². The predicted octanol–water partition coefficient (Wildman–Crippen LogP) is 1.62. The first-order valence-electron chi connectivity index (χ1n) is 5.05. The summed E-state index contributed by atoms with van der Waals surface area (Å²) in [7, 11) is 2.65. The van der Waals surface area contributed by atoms with Gasteiger partial charge in [0.05, 0.1) is 14.2 Å². The maximum absolute atomic E-state index is 11.9. The average Bonchev–Trinajstić information content (AvgIpc) is 2.28. The van der Waals surface area contributed by atoms with Crippen LogP contribution in [0.15, 0.2) is 34.8 Å². The van der Waals surface area contributed by atoms with Gasteiger partial charge in [-0.3, -0.25) is 9.59 Å². The van der Waals surface area contributed by atoms with Crippen LogP contribution in [0, 0.1) is 6.92 Å². The second-order valence-electron chi connectivity index (χ2n) is 3.58. The molecule has 0 unspecified atom stereocenters. The summed E-state index contributed by atoms with van der Waals surface area (Å²) in [5, 5.41) is 0. The van der Waals surface area contributed by atoms with Gasteiger partial charge in [-0.15, -0.1) is 0 Å². The largest absolute Gasteiger partial charge is 0.490 e. The Hall–Kier alpha value is -1.84. The molecule has 1 rings (SSSR count). The Bertz CT molecular complexity index is 434. The highest BCUT2D eigenvalue weighted by Crippen LogP contribution is 2.22. The Morgan fingerprint density at radius 1 is 1.29 bits per heavy atom. The van der Waals surface area contributed by atoms with Gasteiger partial charge in [0, 0.05) is 5.57 Å². The summed E-state index contributed by atoms with van der Waals surface area (Å²) in [6, 6.07) is 0. The van der Waals surface area contributed by atoms with Crippen LogP contribution in [-0.4, -0.2) is 25.8 Å². The zero-order valence-corrected chi connectivity index (χ0v) is 10.1. The molecular formula is C13H14O4. The fourth-order valence-corrected chi connectivity index (χ4v) is 1.45. The van der Waals surface area contributed by atoms with Crippen LogP contribution in [0.3, 0.4) is 0 Å². The number of ketones is 2. The molecule has 0 amide bonds. The van der Waals surface area contributed by atoms with Gasteiger partial charge < -0.3 is 9.47 Å². The highest BCUT2D eigenvalue weighted by molar-refractivity contribution is 6.21. The van der Waals surface area contributed by atoms with Crippen molar-refractivity contribution in [2.24, 2.45) is 0 Å². The van der Waals surface area contributed by atoms with Crippen molar-refractivity contribution in [2.75, 3.05) is 14.2 Å². The fraction of sp³-hybridized carbons (Fsp3) is 0.308. The molecule has 0 aromatic heterocycles. The lowest BCUT2D eigenvalue weighted by Gasteiger charge is -2.16. The quantitative estimate of drug-likeness (QED) is 0.693. The van der Waals surface area contributed by atoms with Crippen molar-refractivity contribution < 1.29 is 19.1 Å². The third kappa shape index (κ3) is 2.84. The molecule has 0 fully saturated rings. The molecule has 17 heavy (non-hydrogen) atoms. The number of carbonyl (C=O) groups excluding carboxylic acids is 2. The van der Waals surface area contributed by atoms with E-state index in [1.54, 1.807) is 13.0 Å². The fourth-order valence-electron chi connectivity index (χ4n) is 1.45. The molecule has 0 saturated carbocycles. The Morgan fingerprint density at radius 2 is 1.88 bits per heavy atom. The first-order chi connectivity index (χ1) is 8.01. The molecule has 1 aliphatic carbocycles. The van der Waals surface area contributed by atoms with E-state index in [9.17, 15) is 9.59 Å². The van der Waals surface area contributed by atoms with Gasteiger partial charge in [-0.2, -0.15) is 0 Å². The normalized spacial score (nSPS) is 17.2. The molecule has 0 saturated heterocycles. The van der Waals surface area contributed by atoms with E-state index in [0.717, 1.165) is 0 Å². The number of rotatable bonds is 4. The molecule has 0 heterocycles. The van der Waals surface area contributed by atoms with Crippen LogP contribution in [-0.2, 0) is 19.1 Å². The summed E-state index contributed by atoms with van der Waals surface area (Å²) in [6.45, 7) is 7.19. The monoisotopic (exact) mass is 234 g/mol. The molecule has 0 aromatic rings. The van der Waals surface area contributed by atoms with E-state index >= 15 is 0 Å². The molecular weight excluding hydrogens is 220 g/mol. The van der Waals surface area contributed by atoms with Crippen LogP contribution in [0.4, 0.5) is 0 Å². The molecule has 1 aliphatic rings. The SMILES string of the molecule is [CH]/C(C)=C/CC1=CC(=O)C(OC)=C(OC)C1=O. The summed E-state index contributed by atoms with van der Waals surface area (Å²) >= 11 is 0. The van der Waals surface area contributed by atoms with E-state index in [1.165, 1.54) is 20.3 Å². The zero-order valence-electron chi connectivity index (χ0n) is 10.1. The molecule has 2 radical (unpaired) electrons. The van der Waals surface area contributed by atoms with Gasteiger partial charge in [-0.05, 0) is 26.3 Å². The third-order valence-electron chi connectivity index (χ3n) is 2.29. The van der Waals surface area contributed by atoms with Gasteiger partial charge in [0.1, 0.15) is 0 Å². The van der Waals surface area contributed by atoms with Crippen molar-refractivity contribution in [3.8, 4) is 0 Å². The number of ether oxygens (including phenoxy) is 2. The van der Waals surface area contributed by atoms with Crippen molar-refractivity contribution in [2.45, 2.75) is 13.3 Å². The summed E-state index contributed by atoms with van der Waals surface area (Å²) in [6.07, 6.45) is 3.22. The van der Waals surface area contributed by atoms with E-state index in [0.29, 0.717) is 17.6 Å². The zero-order chi connectivity index (χ0) is 13.0. The standard InChI is InChI=1S/C13H14O4/c1-8(2)5-6-9-7-10(14)12(16-3)13(17-4)11(9)15/h1,5,7H,6H2,2-4H3/b8-5-. The van der Waals surface area contributed by atoms with Gasteiger partial charge in [-0.1, -0.05) is 11.6 Å². The highest BCUT2D eigenvalue weighted by Gasteiger charge is 2.29. The number of allylic oxidation sites excluding steroid dienone is 4. The maximum Gasteiger partial charge on any atom is 0.228 e. The van der Waals surface area contributed by atoms with Crippen LogP contribution in [0.5, 0.6) is 0 Å². The topological polar surface area (TPSA) is 52.6 Å².